The Balaban J connectivity index is 1.78. The normalized spacial score (nSPS) is 25.0. The van der Waals surface area contributed by atoms with Crippen molar-refractivity contribution in [3.8, 4) is 0 Å². The summed E-state index contributed by atoms with van der Waals surface area (Å²) < 4.78 is 0. The van der Waals surface area contributed by atoms with Crippen molar-refractivity contribution < 1.29 is 4.79 Å². The first-order chi connectivity index (χ1) is 9.04. The molecular weight excluding hydrogens is 256 g/mol. The van der Waals surface area contributed by atoms with E-state index in [0.29, 0.717) is 6.04 Å². The van der Waals surface area contributed by atoms with Crippen molar-refractivity contribution in [2.75, 3.05) is 0 Å². The molecule has 1 heterocycles. The molecule has 0 aromatic carbocycles. The molecule has 4 heteroatoms. The molecule has 106 valence electrons. The van der Waals surface area contributed by atoms with Gasteiger partial charge in [0.1, 0.15) is 0 Å². The van der Waals surface area contributed by atoms with Crippen LogP contribution in [0.1, 0.15) is 42.4 Å². The Bertz CT molecular complexity index is 422. The maximum Gasteiger partial charge on any atom is 0.223 e. The lowest BCUT2D eigenvalue weighted by Gasteiger charge is -2.26. The molecule has 3 N–H and O–H groups in total. The maximum atomic E-state index is 12.2. The maximum absolute atomic E-state index is 12.2. The second kappa shape index (κ2) is 6.53. The van der Waals surface area contributed by atoms with Gasteiger partial charge in [-0.3, -0.25) is 4.79 Å². The molecule has 0 aliphatic heterocycles. The van der Waals surface area contributed by atoms with Crippen molar-refractivity contribution >= 4 is 17.2 Å². The molecule has 1 aliphatic carbocycles. The van der Waals surface area contributed by atoms with Crippen molar-refractivity contribution in [1.82, 2.24) is 5.32 Å². The van der Waals surface area contributed by atoms with Crippen LogP contribution in [-0.2, 0) is 11.2 Å². The number of carbonyl (C=O) groups excluding carboxylic acids is 1. The molecule has 0 saturated heterocycles. The predicted molar refractivity (Wildman–Crippen MR) is 80.3 cm³/mol. The first kappa shape index (κ1) is 14.5. The fourth-order valence-electron chi connectivity index (χ4n) is 2.69. The number of hydrogen-bond donors (Lipinski definition) is 2. The summed E-state index contributed by atoms with van der Waals surface area (Å²) in [4.78, 5) is 14.8. The van der Waals surface area contributed by atoms with Crippen LogP contribution in [-0.4, -0.2) is 18.0 Å². The van der Waals surface area contributed by atoms with Gasteiger partial charge in [-0.15, -0.1) is 11.3 Å². The van der Waals surface area contributed by atoms with Crippen LogP contribution in [0.3, 0.4) is 0 Å². The van der Waals surface area contributed by atoms with E-state index in [9.17, 15) is 4.79 Å². The summed E-state index contributed by atoms with van der Waals surface area (Å²) in [5.41, 5.74) is 5.87. The first-order valence-corrected chi connectivity index (χ1v) is 7.97. The van der Waals surface area contributed by atoms with Crippen LogP contribution in [0.5, 0.6) is 0 Å². The number of nitrogens with one attached hydrogen (secondary N) is 1. The molecular formula is C15H24N2OS. The minimum Gasteiger partial charge on any atom is -0.353 e. The van der Waals surface area contributed by atoms with Crippen LogP contribution < -0.4 is 11.1 Å². The van der Waals surface area contributed by atoms with E-state index in [2.05, 4.69) is 31.3 Å². The van der Waals surface area contributed by atoms with Crippen LogP contribution in [0.15, 0.2) is 12.1 Å². The molecule has 1 amide bonds. The Hall–Kier alpha value is -0.870. The fourth-order valence-corrected chi connectivity index (χ4v) is 3.71. The van der Waals surface area contributed by atoms with Gasteiger partial charge in [0.05, 0.1) is 0 Å². The van der Waals surface area contributed by atoms with E-state index in [-0.39, 0.29) is 17.9 Å². The summed E-state index contributed by atoms with van der Waals surface area (Å²) in [5, 5.41) is 3.15. The minimum absolute atomic E-state index is 0.173. The van der Waals surface area contributed by atoms with Gasteiger partial charge in [-0.25, -0.2) is 0 Å². The highest BCUT2D eigenvalue weighted by Gasteiger charge is 2.25. The highest BCUT2D eigenvalue weighted by molar-refractivity contribution is 7.11. The van der Waals surface area contributed by atoms with E-state index in [0.717, 1.165) is 32.1 Å². The Kier molecular flexibility index (Phi) is 4.99. The smallest absolute Gasteiger partial charge is 0.223 e. The van der Waals surface area contributed by atoms with Gasteiger partial charge in [0, 0.05) is 34.2 Å². The van der Waals surface area contributed by atoms with Gasteiger partial charge in [0.15, 0.2) is 0 Å². The molecule has 1 atom stereocenters. The van der Waals surface area contributed by atoms with E-state index in [1.54, 1.807) is 0 Å². The third-order valence-corrected chi connectivity index (χ3v) is 4.86. The van der Waals surface area contributed by atoms with Crippen LogP contribution in [0.25, 0.3) is 0 Å². The largest absolute Gasteiger partial charge is 0.353 e. The Labute approximate surface area is 119 Å². The number of amides is 1. The SMILES string of the molecule is Cc1ccc(CC(C)NC(=O)C2CCC(N)CC2)s1. The number of nitrogens with two attached hydrogens (primary N) is 1. The second-order valence-corrected chi connectivity index (χ2v) is 7.11. The molecule has 19 heavy (non-hydrogen) atoms. The quantitative estimate of drug-likeness (QED) is 0.891. The summed E-state index contributed by atoms with van der Waals surface area (Å²) in [5.74, 6) is 0.389. The average Bonchev–Trinajstić information content (AvgIpc) is 2.75. The van der Waals surface area contributed by atoms with E-state index < -0.39 is 0 Å². The number of aryl methyl sites for hydroxylation is 1. The monoisotopic (exact) mass is 280 g/mol. The van der Waals surface area contributed by atoms with E-state index >= 15 is 0 Å². The van der Waals surface area contributed by atoms with Crippen LogP contribution in [0.2, 0.25) is 0 Å². The molecule has 0 radical (unpaired) electrons. The zero-order chi connectivity index (χ0) is 13.8. The zero-order valence-electron chi connectivity index (χ0n) is 11.8. The molecule has 1 aromatic heterocycles. The lowest BCUT2D eigenvalue weighted by molar-refractivity contribution is -0.126. The van der Waals surface area contributed by atoms with Gasteiger partial charge in [-0.1, -0.05) is 0 Å². The van der Waals surface area contributed by atoms with Crippen molar-refractivity contribution in [2.24, 2.45) is 11.7 Å². The summed E-state index contributed by atoms with van der Waals surface area (Å²) in [6.07, 6.45) is 4.78. The second-order valence-electron chi connectivity index (χ2n) is 5.74. The Morgan fingerprint density at radius 2 is 2.11 bits per heavy atom. The third-order valence-electron chi connectivity index (χ3n) is 3.83. The number of hydrogen-bond acceptors (Lipinski definition) is 3. The van der Waals surface area contributed by atoms with Gasteiger partial charge in [0.2, 0.25) is 5.91 Å². The molecule has 1 fully saturated rings. The standard InChI is InChI=1S/C15H24N2OS/c1-10(9-14-8-3-11(2)19-14)17-15(18)12-4-6-13(16)7-5-12/h3,8,10,12-13H,4-7,9,16H2,1-2H3,(H,17,18). The van der Waals surface area contributed by atoms with Gasteiger partial charge >= 0.3 is 0 Å². The highest BCUT2D eigenvalue weighted by Crippen LogP contribution is 2.23. The summed E-state index contributed by atoms with van der Waals surface area (Å²) in [6, 6.07) is 4.80. The van der Waals surface area contributed by atoms with Crippen molar-refractivity contribution in [2.45, 2.75) is 58.0 Å². The van der Waals surface area contributed by atoms with Gasteiger partial charge in [-0.2, -0.15) is 0 Å². The van der Waals surface area contributed by atoms with Crippen LogP contribution in [0, 0.1) is 12.8 Å². The van der Waals surface area contributed by atoms with Gasteiger partial charge in [-0.05, 0) is 51.7 Å². The fraction of sp³-hybridized carbons (Fsp3) is 0.667. The topological polar surface area (TPSA) is 55.1 Å². The number of rotatable bonds is 4. The summed E-state index contributed by atoms with van der Waals surface area (Å²) >= 11 is 1.81. The van der Waals surface area contributed by atoms with Gasteiger partial charge < -0.3 is 11.1 Å². The molecule has 1 aromatic rings. The molecule has 0 bridgehead atoms. The van der Waals surface area contributed by atoms with Crippen LogP contribution >= 0.6 is 11.3 Å². The molecule has 1 saturated carbocycles. The molecule has 2 rings (SSSR count). The Morgan fingerprint density at radius 3 is 2.68 bits per heavy atom. The van der Waals surface area contributed by atoms with E-state index in [4.69, 9.17) is 5.73 Å². The molecule has 3 nitrogen and oxygen atoms in total. The Morgan fingerprint density at radius 1 is 1.42 bits per heavy atom. The van der Waals surface area contributed by atoms with Gasteiger partial charge in [0.25, 0.3) is 0 Å². The lowest BCUT2D eigenvalue weighted by atomic mass is 9.86. The first-order valence-electron chi connectivity index (χ1n) is 7.16. The van der Waals surface area contributed by atoms with Crippen molar-refractivity contribution in [3.05, 3.63) is 21.9 Å². The predicted octanol–water partition coefficient (Wildman–Crippen LogP) is 2.62. The van der Waals surface area contributed by atoms with E-state index in [1.807, 2.05) is 11.3 Å². The summed E-state index contributed by atoms with van der Waals surface area (Å²) in [6.45, 7) is 4.20. The van der Waals surface area contributed by atoms with Crippen molar-refractivity contribution in [1.29, 1.82) is 0 Å². The minimum atomic E-state index is 0.173. The highest BCUT2D eigenvalue weighted by atomic mass is 32.1. The van der Waals surface area contributed by atoms with Crippen LogP contribution in [0.4, 0.5) is 0 Å². The van der Waals surface area contributed by atoms with Crippen molar-refractivity contribution in [3.63, 3.8) is 0 Å². The molecule has 0 spiro atoms. The number of thiophene rings is 1. The van der Waals surface area contributed by atoms with E-state index in [1.165, 1.54) is 9.75 Å². The molecule has 1 aliphatic rings. The third kappa shape index (κ3) is 4.32. The zero-order valence-corrected chi connectivity index (χ0v) is 12.6. The summed E-state index contributed by atoms with van der Waals surface area (Å²) in [7, 11) is 0. The number of carbonyl (C=O) groups is 1. The lowest BCUT2D eigenvalue weighted by Crippen LogP contribution is -2.40. The molecule has 1 unspecified atom stereocenters. The average molecular weight is 280 g/mol.